The Kier molecular flexibility index (Phi) is 18.0. The number of carbonyl (C=O) groups excluding carboxylic acids is 2. The van der Waals surface area contributed by atoms with Crippen molar-refractivity contribution < 1.29 is 63.3 Å². The summed E-state index contributed by atoms with van der Waals surface area (Å²) < 4.78 is 134. The van der Waals surface area contributed by atoms with E-state index in [0.29, 0.717) is 25.5 Å². The Morgan fingerprint density at radius 3 is 1.79 bits per heavy atom. The van der Waals surface area contributed by atoms with Crippen LogP contribution in [0.4, 0.5) is 74.4 Å². The fraction of sp³-hybridized carbons (Fsp3) is 0.421. The minimum absolute atomic E-state index is 0.0759. The van der Waals surface area contributed by atoms with Crippen LogP contribution in [-0.2, 0) is 12.4 Å². The molecule has 4 N–H and O–H groups in total. The Morgan fingerprint density at radius 2 is 1.29 bits per heavy atom. The van der Waals surface area contributed by atoms with Crippen molar-refractivity contribution in [3.63, 3.8) is 0 Å². The minimum atomic E-state index is -4.68. The first kappa shape index (κ1) is 49.9. The summed E-state index contributed by atoms with van der Waals surface area (Å²) in [5.41, 5.74) is -2.36. The van der Waals surface area contributed by atoms with E-state index in [1.165, 1.54) is 50.2 Å². The molecule has 3 heterocycles. The molecule has 0 aliphatic carbocycles. The molecule has 340 valence electrons. The number of alkyl halides is 8. The third-order valence-electron chi connectivity index (χ3n) is 8.31. The van der Waals surface area contributed by atoms with E-state index in [0.717, 1.165) is 25.0 Å². The molecule has 2 amide bonds. The molecule has 2 aromatic carbocycles. The summed E-state index contributed by atoms with van der Waals surface area (Å²) in [6.07, 6.45) is -6.52. The molecule has 4 aromatic rings. The fourth-order valence-corrected chi connectivity index (χ4v) is 5.53. The largest absolute Gasteiger partial charge is 0.496 e. The zero-order valence-corrected chi connectivity index (χ0v) is 34.5. The van der Waals surface area contributed by atoms with Crippen molar-refractivity contribution in [3.05, 3.63) is 64.7 Å². The number of amides is 2. The molecule has 0 bridgehead atoms. The molecule has 1 aliphatic heterocycles. The van der Waals surface area contributed by atoms with Gasteiger partial charge in [-0.15, -0.1) is 0 Å². The number of methoxy groups -OCH3 is 1. The smallest absolute Gasteiger partial charge is 0.421 e. The van der Waals surface area contributed by atoms with Crippen molar-refractivity contribution in [3.8, 4) is 17.2 Å². The van der Waals surface area contributed by atoms with Gasteiger partial charge in [0.25, 0.3) is 11.8 Å². The van der Waals surface area contributed by atoms with Crippen molar-refractivity contribution in [2.75, 3.05) is 82.9 Å². The van der Waals surface area contributed by atoms with Crippen LogP contribution >= 0.6 is 0 Å². The molecule has 62 heavy (non-hydrogen) atoms. The lowest BCUT2D eigenvalue weighted by molar-refractivity contribution is -0.138. The average Bonchev–Trinajstić information content (AvgIpc) is 3.78. The molecule has 0 atom stereocenters. The minimum Gasteiger partial charge on any atom is -0.496 e. The first-order chi connectivity index (χ1) is 29.4. The van der Waals surface area contributed by atoms with Gasteiger partial charge < -0.3 is 45.3 Å². The lowest BCUT2D eigenvalue weighted by Crippen LogP contribution is -2.28. The molecular weight excluding hydrogens is 847 g/mol. The predicted octanol–water partition coefficient (Wildman–Crippen LogP) is 8.67. The third kappa shape index (κ3) is 12.8. The Balaban J connectivity index is 0.000000318. The fourth-order valence-electron chi connectivity index (χ4n) is 5.53. The first-order valence-electron chi connectivity index (χ1n) is 18.6. The van der Waals surface area contributed by atoms with Crippen LogP contribution in [0, 0.1) is 5.82 Å². The Bertz CT molecular complexity index is 2140. The second-order valence-corrected chi connectivity index (χ2v) is 12.5. The SMILES string of the molecule is CC.CCNc1nc(Nc2cc(OCF)c(C(=O)N3CCCC3)cc2F)ncc1C(F)(F)F.CNc1nc(Nc2cc(OC)c(C(=O)N(C)C)cc2OCF)ncc1C(F)(F)F. The van der Waals surface area contributed by atoms with Crippen molar-refractivity contribution in [2.45, 2.75) is 46.0 Å². The summed E-state index contributed by atoms with van der Waals surface area (Å²) in [6.45, 7) is 4.30. The highest BCUT2D eigenvalue weighted by Gasteiger charge is 2.36. The number of hydrogen-bond donors (Lipinski definition) is 4. The number of likely N-dealkylation sites (tertiary alicyclic amines) is 1. The highest BCUT2D eigenvalue weighted by atomic mass is 19.4. The van der Waals surface area contributed by atoms with Gasteiger partial charge in [0.15, 0.2) is 0 Å². The van der Waals surface area contributed by atoms with Gasteiger partial charge in [0, 0.05) is 65.3 Å². The number of carbonyl (C=O) groups is 2. The zero-order valence-electron chi connectivity index (χ0n) is 34.5. The summed E-state index contributed by atoms with van der Waals surface area (Å²) in [4.78, 5) is 42.5. The van der Waals surface area contributed by atoms with Gasteiger partial charge in [-0.05, 0) is 31.9 Å². The summed E-state index contributed by atoms with van der Waals surface area (Å²) in [6, 6.07) is 4.53. The number of ether oxygens (including phenoxy) is 3. The van der Waals surface area contributed by atoms with Crippen molar-refractivity contribution in [1.29, 1.82) is 0 Å². The van der Waals surface area contributed by atoms with Crippen molar-refractivity contribution >= 4 is 46.7 Å². The van der Waals surface area contributed by atoms with E-state index in [-0.39, 0.29) is 58.2 Å². The molecule has 1 fully saturated rings. The molecule has 1 saturated heterocycles. The topological polar surface area (TPSA) is 168 Å². The molecule has 1 aliphatic rings. The van der Waals surface area contributed by atoms with Crippen LogP contribution < -0.4 is 35.5 Å². The number of rotatable bonds is 14. The summed E-state index contributed by atoms with van der Waals surface area (Å²) in [5.74, 6) is -3.42. The molecular formula is C38H45F9N10O5. The molecule has 0 radical (unpaired) electrons. The maximum Gasteiger partial charge on any atom is 0.421 e. The lowest BCUT2D eigenvalue weighted by atomic mass is 10.1. The number of nitrogens with one attached hydrogen (secondary N) is 4. The number of nitrogens with zero attached hydrogens (tertiary/aromatic N) is 6. The molecule has 2 aromatic heterocycles. The van der Waals surface area contributed by atoms with Gasteiger partial charge in [-0.3, -0.25) is 9.59 Å². The van der Waals surface area contributed by atoms with Crippen LogP contribution in [0.1, 0.15) is 65.5 Å². The first-order valence-corrected chi connectivity index (χ1v) is 18.6. The number of aromatic nitrogens is 4. The molecule has 0 spiro atoms. The Labute approximate surface area is 350 Å². The van der Waals surface area contributed by atoms with Crippen LogP contribution in [0.2, 0.25) is 0 Å². The van der Waals surface area contributed by atoms with Crippen LogP contribution in [0.25, 0.3) is 0 Å². The lowest BCUT2D eigenvalue weighted by Gasteiger charge is -2.19. The van der Waals surface area contributed by atoms with Gasteiger partial charge in [0.05, 0.1) is 29.6 Å². The van der Waals surface area contributed by atoms with E-state index in [4.69, 9.17) is 14.2 Å². The number of anilines is 6. The van der Waals surface area contributed by atoms with E-state index in [9.17, 15) is 49.1 Å². The molecule has 24 heteroatoms. The van der Waals surface area contributed by atoms with E-state index in [1.54, 1.807) is 6.92 Å². The monoisotopic (exact) mass is 892 g/mol. The summed E-state index contributed by atoms with van der Waals surface area (Å²) in [7, 11) is 5.66. The van der Waals surface area contributed by atoms with E-state index in [2.05, 4.69) is 41.2 Å². The normalized spacial score (nSPS) is 12.2. The van der Waals surface area contributed by atoms with Crippen molar-refractivity contribution in [1.82, 2.24) is 29.7 Å². The summed E-state index contributed by atoms with van der Waals surface area (Å²) in [5, 5.41) is 9.94. The molecule has 0 saturated carbocycles. The van der Waals surface area contributed by atoms with Crippen LogP contribution in [0.3, 0.4) is 0 Å². The van der Waals surface area contributed by atoms with Crippen molar-refractivity contribution in [2.24, 2.45) is 0 Å². The maximum atomic E-state index is 14.7. The molecule has 0 unspecified atom stereocenters. The average molecular weight is 893 g/mol. The number of halogens is 9. The second-order valence-electron chi connectivity index (χ2n) is 12.5. The summed E-state index contributed by atoms with van der Waals surface area (Å²) >= 11 is 0. The van der Waals surface area contributed by atoms with Gasteiger partial charge in [-0.25, -0.2) is 23.1 Å². The van der Waals surface area contributed by atoms with Crippen LogP contribution in [0.15, 0.2) is 36.7 Å². The highest BCUT2D eigenvalue weighted by Crippen LogP contribution is 2.38. The van der Waals surface area contributed by atoms with Gasteiger partial charge in [-0.1, -0.05) is 13.8 Å². The van der Waals surface area contributed by atoms with Crippen LogP contribution in [0.5, 0.6) is 17.2 Å². The van der Waals surface area contributed by atoms with Crippen LogP contribution in [-0.4, -0.2) is 103 Å². The van der Waals surface area contributed by atoms with E-state index in [1.807, 2.05) is 13.8 Å². The van der Waals surface area contributed by atoms with Gasteiger partial charge in [-0.2, -0.15) is 36.3 Å². The van der Waals surface area contributed by atoms with E-state index < -0.39 is 66.5 Å². The van der Waals surface area contributed by atoms with Gasteiger partial charge in [0.1, 0.15) is 45.8 Å². The van der Waals surface area contributed by atoms with Gasteiger partial charge in [0.2, 0.25) is 25.6 Å². The Hall–Kier alpha value is -6.49. The number of hydrogen-bond acceptors (Lipinski definition) is 13. The zero-order chi connectivity index (χ0) is 46.4. The standard InChI is InChI=1S/C19H20F5N5O2.C17H19F4N5O3.C2H6/c1-2-25-16-12(19(22,23)24)9-26-18(28-16)27-14-8-15(31-10-20)11(7-13(14)21)17(30)29-5-3-4-6-29;1-22-14-10(17(19,20)21)7-23-16(25-14)24-11-6-12(28-4)9(15(27)26(2)3)5-13(11)29-8-18;1-2/h7-9H,2-6,10H2,1H3,(H2,25,26,27,28);5-7H,8H2,1-4H3,(H2,22,23,24,25);1-2H3. The molecule has 15 nitrogen and oxygen atoms in total. The highest BCUT2D eigenvalue weighted by molar-refractivity contribution is 5.98. The maximum absolute atomic E-state index is 14.7. The second kappa shape index (κ2) is 22.4. The predicted molar refractivity (Wildman–Crippen MR) is 211 cm³/mol. The van der Waals surface area contributed by atoms with E-state index >= 15 is 0 Å². The number of benzene rings is 2. The molecule has 5 rings (SSSR count). The quantitative estimate of drug-likeness (QED) is 0.0889. The third-order valence-corrected chi connectivity index (χ3v) is 8.31. The Morgan fingerprint density at radius 1 is 0.774 bits per heavy atom. The van der Waals surface area contributed by atoms with Gasteiger partial charge >= 0.3 is 12.4 Å².